The summed E-state index contributed by atoms with van der Waals surface area (Å²) in [5, 5.41) is 0. The SMILES string of the molecule is CCCCC1CC1N(Cc1ccccc1)Cc1ccccc1. The molecule has 0 N–H and O–H groups in total. The number of hydrogen-bond acceptors (Lipinski definition) is 1. The Morgan fingerprint density at radius 3 is 1.91 bits per heavy atom. The molecular weight excluding hydrogens is 266 g/mol. The first-order chi connectivity index (χ1) is 10.9. The molecule has 2 atom stereocenters. The quantitative estimate of drug-likeness (QED) is 0.641. The van der Waals surface area contributed by atoms with Gasteiger partial charge in [0.25, 0.3) is 0 Å². The lowest BCUT2D eigenvalue weighted by Crippen LogP contribution is -2.26. The van der Waals surface area contributed by atoms with Crippen molar-refractivity contribution in [3.05, 3.63) is 71.8 Å². The van der Waals surface area contributed by atoms with Crippen LogP contribution in [0.3, 0.4) is 0 Å². The predicted molar refractivity (Wildman–Crippen MR) is 93.6 cm³/mol. The normalized spacial score (nSPS) is 20.3. The summed E-state index contributed by atoms with van der Waals surface area (Å²) in [7, 11) is 0. The Kier molecular flexibility index (Phi) is 5.29. The Labute approximate surface area is 135 Å². The van der Waals surface area contributed by atoms with Crippen molar-refractivity contribution in [3.8, 4) is 0 Å². The molecule has 22 heavy (non-hydrogen) atoms. The van der Waals surface area contributed by atoms with Crippen LogP contribution in [0.5, 0.6) is 0 Å². The Bertz CT molecular complexity index is 507. The molecule has 0 aliphatic heterocycles. The van der Waals surface area contributed by atoms with E-state index < -0.39 is 0 Å². The second-order valence-electron chi connectivity index (χ2n) is 6.58. The molecule has 1 nitrogen and oxygen atoms in total. The van der Waals surface area contributed by atoms with Gasteiger partial charge in [-0.25, -0.2) is 0 Å². The van der Waals surface area contributed by atoms with Gasteiger partial charge in [-0.3, -0.25) is 4.90 Å². The molecule has 3 rings (SSSR count). The summed E-state index contributed by atoms with van der Waals surface area (Å²) in [5.74, 6) is 0.923. The number of nitrogens with zero attached hydrogens (tertiary/aromatic N) is 1. The maximum atomic E-state index is 2.69. The summed E-state index contributed by atoms with van der Waals surface area (Å²) in [6.07, 6.45) is 5.49. The van der Waals surface area contributed by atoms with Crippen LogP contribution in [0.15, 0.2) is 60.7 Å². The van der Waals surface area contributed by atoms with E-state index in [0.717, 1.165) is 25.0 Å². The van der Waals surface area contributed by atoms with Gasteiger partial charge in [0, 0.05) is 19.1 Å². The zero-order valence-electron chi connectivity index (χ0n) is 13.6. The Morgan fingerprint density at radius 2 is 1.41 bits per heavy atom. The van der Waals surface area contributed by atoms with Crippen LogP contribution in [0.1, 0.15) is 43.7 Å². The molecule has 0 aromatic heterocycles. The van der Waals surface area contributed by atoms with Gasteiger partial charge < -0.3 is 0 Å². The van der Waals surface area contributed by atoms with Crippen LogP contribution in [0.4, 0.5) is 0 Å². The van der Waals surface area contributed by atoms with Crippen LogP contribution >= 0.6 is 0 Å². The van der Waals surface area contributed by atoms with Crippen molar-refractivity contribution < 1.29 is 0 Å². The van der Waals surface area contributed by atoms with E-state index in [2.05, 4.69) is 72.5 Å². The van der Waals surface area contributed by atoms with Gasteiger partial charge in [0.1, 0.15) is 0 Å². The zero-order chi connectivity index (χ0) is 15.2. The maximum Gasteiger partial charge on any atom is 0.0240 e. The number of benzene rings is 2. The van der Waals surface area contributed by atoms with E-state index in [9.17, 15) is 0 Å². The van der Waals surface area contributed by atoms with Crippen molar-refractivity contribution in [2.45, 2.75) is 51.7 Å². The van der Waals surface area contributed by atoms with E-state index >= 15 is 0 Å². The third-order valence-electron chi connectivity index (χ3n) is 4.74. The van der Waals surface area contributed by atoms with Crippen molar-refractivity contribution in [2.24, 2.45) is 5.92 Å². The van der Waals surface area contributed by atoms with Gasteiger partial charge in [-0.15, -0.1) is 0 Å². The van der Waals surface area contributed by atoms with Crippen molar-refractivity contribution in [2.75, 3.05) is 0 Å². The van der Waals surface area contributed by atoms with Crippen LogP contribution in [-0.2, 0) is 13.1 Å². The van der Waals surface area contributed by atoms with Crippen molar-refractivity contribution in [1.82, 2.24) is 4.90 Å². The third-order valence-corrected chi connectivity index (χ3v) is 4.74. The lowest BCUT2D eigenvalue weighted by Gasteiger charge is -2.23. The average Bonchev–Trinajstić information content (AvgIpc) is 3.34. The van der Waals surface area contributed by atoms with Gasteiger partial charge in [0.2, 0.25) is 0 Å². The molecule has 0 amide bonds. The topological polar surface area (TPSA) is 3.24 Å². The van der Waals surface area contributed by atoms with Gasteiger partial charge in [0.15, 0.2) is 0 Å². The van der Waals surface area contributed by atoms with Gasteiger partial charge in [-0.1, -0.05) is 80.4 Å². The van der Waals surface area contributed by atoms with Gasteiger partial charge in [-0.05, 0) is 29.9 Å². The van der Waals surface area contributed by atoms with E-state index in [4.69, 9.17) is 0 Å². The van der Waals surface area contributed by atoms with Gasteiger partial charge in [-0.2, -0.15) is 0 Å². The molecule has 2 unspecified atom stereocenters. The van der Waals surface area contributed by atoms with Crippen molar-refractivity contribution in [3.63, 3.8) is 0 Å². The van der Waals surface area contributed by atoms with Crippen LogP contribution in [-0.4, -0.2) is 10.9 Å². The zero-order valence-corrected chi connectivity index (χ0v) is 13.6. The molecule has 1 aliphatic rings. The molecule has 1 aliphatic carbocycles. The predicted octanol–water partition coefficient (Wildman–Crippen LogP) is 5.27. The van der Waals surface area contributed by atoms with Crippen molar-refractivity contribution in [1.29, 1.82) is 0 Å². The summed E-state index contributed by atoms with van der Waals surface area (Å²) in [6, 6.07) is 22.6. The molecule has 0 radical (unpaired) electrons. The smallest absolute Gasteiger partial charge is 0.0240 e. The summed E-state index contributed by atoms with van der Waals surface area (Å²) >= 11 is 0. The van der Waals surface area contributed by atoms with Crippen molar-refractivity contribution >= 4 is 0 Å². The highest BCUT2D eigenvalue weighted by atomic mass is 15.2. The second-order valence-corrected chi connectivity index (χ2v) is 6.58. The summed E-state index contributed by atoms with van der Waals surface area (Å²) < 4.78 is 0. The monoisotopic (exact) mass is 293 g/mol. The fraction of sp³-hybridized carbons (Fsp3) is 0.429. The highest BCUT2D eigenvalue weighted by Crippen LogP contribution is 2.41. The minimum absolute atomic E-state index is 0.784. The standard InChI is InChI=1S/C21H27N/c1-2-3-14-20-15-21(20)22(16-18-10-6-4-7-11-18)17-19-12-8-5-9-13-19/h4-13,20-21H,2-3,14-17H2,1H3. The van der Waals surface area contributed by atoms with E-state index in [0.29, 0.717) is 0 Å². The molecule has 0 spiro atoms. The van der Waals surface area contributed by atoms with Gasteiger partial charge >= 0.3 is 0 Å². The lowest BCUT2D eigenvalue weighted by atomic mass is 10.1. The third kappa shape index (κ3) is 4.20. The fourth-order valence-corrected chi connectivity index (χ4v) is 3.38. The molecule has 1 saturated carbocycles. The molecular formula is C21H27N. The van der Waals surface area contributed by atoms with E-state index in [-0.39, 0.29) is 0 Å². The summed E-state index contributed by atoms with van der Waals surface area (Å²) in [4.78, 5) is 2.69. The Balaban J connectivity index is 1.66. The minimum atomic E-state index is 0.784. The van der Waals surface area contributed by atoms with Gasteiger partial charge in [0.05, 0.1) is 0 Å². The molecule has 0 saturated heterocycles. The number of rotatable bonds is 8. The number of hydrogen-bond donors (Lipinski definition) is 0. The molecule has 2 aromatic carbocycles. The summed E-state index contributed by atoms with van der Waals surface area (Å²) in [5.41, 5.74) is 2.86. The van der Waals surface area contributed by atoms with E-state index in [1.807, 2.05) is 0 Å². The largest absolute Gasteiger partial charge is 0.292 e. The highest BCUT2D eigenvalue weighted by molar-refractivity contribution is 5.18. The molecule has 1 heteroatoms. The first-order valence-electron chi connectivity index (χ1n) is 8.68. The van der Waals surface area contributed by atoms with E-state index in [1.54, 1.807) is 0 Å². The average molecular weight is 293 g/mol. The molecule has 116 valence electrons. The van der Waals surface area contributed by atoms with Crippen LogP contribution in [0.25, 0.3) is 0 Å². The first-order valence-corrected chi connectivity index (χ1v) is 8.68. The maximum absolute atomic E-state index is 2.69. The molecule has 0 bridgehead atoms. The Hall–Kier alpha value is -1.60. The van der Waals surface area contributed by atoms with Crippen LogP contribution in [0, 0.1) is 5.92 Å². The second kappa shape index (κ2) is 7.60. The fourth-order valence-electron chi connectivity index (χ4n) is 3.38. The van der Waals surface area contributed by atoms with Crippen LogP contribution in [0.2, 0.25) is 0 Å². The Morgan fingerprint density at radius 1 is 0.864 bits per heavy atom. The molecule has 0 heterocycles. The lowest BCUT2D eigenvalue weighted by molar-refractivity contribution is 0.231. The first kappa shape index (κ1) is 15.3. The van der Waals surface area contributed by atoms with Crippen LogP contribution < -0.4 is 0 Å². The number of unbranched alkanes of at least 4 members (excludes halogenated alkanes) is 1. The molecule has 2 aromatic rings. The highest BCUT2D eigenvalue weighted by Gasteiger charge is 2.40. The summed E-state index contributed by atoms with van der Waals surface area (Å²) in [6.45, 7) is 4.44. The van der Waals surface area contributed by atoms with E-state index in [1.165, 1.54) is 36.8 Å². The minimum Gasteiger partial charge on any atom is -0.292 e. The molecule has 1 fully saturated rings.